The molecular formula is C19H25N5O2. The summed E-state index contributed by atoms with van der Waals surface area (Å²) in [6.07, 6.45) is 5.96. The van der Waals surface area contributed by atoms with Crippen molar-refractivity contribution >= 4 is 5.91 Å². The lowest BCUT2D eigenvalue weighted by molar-refractivity contribution is -0.123. The van der Waals surface area contributed by atoms with E-state index in [0.29, 0.717) is 30.2 Å². The van der Waals surface area contributed by atoms with Gasteiger partial charge in [-0.05, 0) is 49.4 Å². The predicted molar refractivity (Wildman–Crippen MR) is 97.5 cm³/mol. The van der Waals surface area contributed by atoms with Gasteiger partial charge in [0.05, 0.1) is 19.7 Å². The molecule has 3 N–H and O–H groups in total. The van der Waals surface area contributed by atoms with Gasteiger partial charge in [0.25, 0.3) is 0 Å². The molecule has 7 heteroatoms. The van der Waals surface area contributed by atoms with E-state index in [9.17, 15) is 4.79 Å². The normalized spacial score (nSPS) is 24.9. The van der Waals surface area contributed by atoms with Crippen LogP contribution in [-0.4, -0.2) is 40.3 Å². The highest BCUT2D eigenvalue weighted by molar-refractivity contribution is 5.82. The summed E-state index contributed by atoms with van der Waals surface area (Å²) >= 11 is 0. The number of aromatic amines is 1. The highest BCUT2D eigenvalue weighted by Crippen LogP contribution is 2.33. The molecule has 2 fully saturated rings. The van der Waals surface area contributed by atoms with Crippen LogP contribution in [0.2, 0.25) is 0 Å². The first-order valence-electron chi connectivity index (χ1n) is 9.32. The summed E-state index contributed by atoms with van der Waals surface area (Å²) in [5.74, 6) is 2.77. The van der Waals surface area contributed by atoms with Gasteiger partial charge in [0.2, 0.25) is 5.91 Å². The number of nitrogens with one attached hydrogen (secondary N) is 3. The predicted octanol–water partition coefficient (Wildman–Crippen LogP) is 2.02. The number of H-pyrrole nitrogens is 1. The number of benzene rings is 1. The maximum Gasteiger partial charge on any atom is 0.237 e. The second-order valence-corrected chi connectivity index (χ2v) is 7.16. The van der Waals surface area contributed by atoms with Gasteiger partial charge in [-0.1, -0.05) is 12.8 Å². The third kappa shape index (κ3) is 3.58. The summed E-state index contributed by atoms with van der Waals surface area (Å²) in [5, 5.41) is 13.6. The van der Waals surface area contributed by atoms with Crippen molar-refractivity contribution in [1.29, 1.82) is 0 Å². The topological polar surface area (TPSA) is 91.9 Å². The Kier molecular flexibility index (Phi) is 4.88. The van der Waals surface area contributed by atoms with Crippen LogP contribution < -0.4 is 15.4 Å². The van der Waals surface area contributed by atoms with Crippen molar-refractivity contribution in [3.63, 3.8) is 0 Å². The van der Waals surface area contributed by atoms with E-state index in [1.54, 1.807) is 7.11 Å². The Morgan fingerprint density at radius 3 is 2.85 bits per heavy atom. The second-order valence-electron chi connectivity index (χ2n) is 7.16. The number of methoxy groups -OCH3 is 1. The summed E-state index contributed by atoms with van der Waals surface area (Å²) in [6.45, 7) is 0.357. The smallest absolute Gasteiger partial charge is 0.237 e. The summed E-state index contributed by atoms with van der Waals surface area (Å²) in [7, 11) is 1.64. The summed E-state index contributed by atoms with van der Waals surface area (Å²) < 4.78 is 5.16. The number of carbonyl (C=O) groups is 1. The molecule has 1 aromatic heterocycles. The average Bonchev–Trinajstić information content (AvgIpc) is 3.33. The Balaban J connectivity index is 1.32. The number of nitrogens with zero attached hydrogens (tertiary/aromatic N) is 2. The maximum absolute atomic E-state index is 12.5. The largest absolute Gasteiger partial charge is 0.497 e. The van der Waals surface area contributed by atoms with Crippen LogP contribution in [0.3, 0.4) is 0 Å². The van der Waals surface area contributed by atoms with Crippen molar-refractivity contribution in [2.75, 3.05) is 7.11 Å². The van der Waals surface area contributed by atoms with Crippen molar-refractivity contribution < 1.29 is 9.53 Å². The molecule has 3 atom stereocenters. The number of hydrogen-bond acceptors (Lipinski definition) is 5. The summed E-state index contributed by atoms with van der Waals surface area (Å²) in [4.78, 5) is 16.9. The number of aromatic nitrogens is 3. The Labute approximate surface area is 152 Å². The Hall–Kier alpha value is -2.41. The quantitative estimate of drug-likeness (QED) is 0.763. The fourth-order valence-electron chi connectivity index (χ4n) is 4.06. The zero-order valence-corrected chi connectivity index (χ0v) is 15.0. The first-order chi connectivity index (χ1) is 12.7. The van der Waals surface area contributed by atoms with E-state index < -0.39 is 0 Å². The zero-order valence-electron chi connectivity index (χ0n) is 15.0. The number of fused-ring (bicyclic) bond motifs is 1. The van der Waals surface area contributed by atoms with Crippen molar-refractivity contribution in [2.45, 2.75) is 50.7 Å². The lowest BCUT2D eigenvalue weighted by Gasteiger charge is -2.24. The van der Waals surface area contributed by atoms with Gasteiger partial charge in [-0.15, -0.1) is 0 Å². The second kappa shape index (κ2) is 7.45. The molecule has 26 heavy (non-hydrogen) atoms. The highest BCUT2D eigenvalue weighted by Gasteiger charge is 2.38. The SMILES string of the molecule is COc1ccc(-c2n[nH]c(CNC(=O)C3CC4CCCCC4N3)n2)cc1. The molecule has 2 aromatic rings. The van der Waals surface area contributed by atoms with Gasteiger partial charge in [0, 0.05) is 11.6 Å². The fourth-order valence-corrected chi connectivity index (χ4v) is 4.06. The molecule has 1 aliphatic carbocycles. The molecule has 4 rings (SSSR count). The lowest BCUT2D eigenvalue weighted by Crippen LogP contribution is -2.43. The molecule has 1 aromatic carbocycles. The molecule has 2 heterocycles. The van der Waals surface area contributed by atoms with Gasteiger partial charge < -0.3 is 15.4 Å². The molecule has 2 aliphatic rings. The summed E-state index contributed by atoms with van der Waals surface area (Å²) in [6, 6.07) is 8.01. The van der Waals surface area contributed by atoms with Crippen LogP contribution in [0.15, 0.2) is 24.3 Å². The minimum absolute atomic E-state index is 0.0572. The minimum Gasteiger partial charge on any atom is -0.497 e. The van der Waals surface area contributed by atoms with Crippen molar-refractivity contribution in [3.05, 3.63) is 30.1 Å². The Morgan fingerprint density at radius 2 is 2.08 bits per heavy atom. The molecule has 3 unspecified atom stereocenters. The van der Waals surface area contributed by atoms with Gasteiger partial charge in [-0.25, -0.2) is 4.98 Å². The standard InChI is InChI=1S/C19H25N5O2/c1-26-14-8-6-12(7-9-14)18-22-17(23-24-18)11-20-19(25)16-10-13-4-2-3-5-15(13)21-16/h6-9,13,15-16,21H,2-5,10-11H2,1H3,(H,20,25)(H,22,23,24). The molecule has 1 amide bonds. The number of amides is 1. The van der Waals surface area contributed by atoms with E-state index in [1.165, 1.54) is 25.7 Å². The third-order valence-electron chi connectivity index (χ3n) is 5.49. The molecule has 0 bridgehead atoms. The fraction of sp³-hybridized carbons (Fsp3) is 0.526. The van der Waals surface area contributed by atoms with E-state index in [2.05, 4.69) is 25.8 Å². The maximum atomic E-state index is 12.5. The molecule has 1 saturated heterocycles. The van der Waals surface area contributed by atoms with Crippen LogP contribution in [0.1, 0.15) is 37.9 Å². The van der Waals surface area contributed by atoms with Crippen LogP contribution in [-0.2, 0) is 11.3 Å². The van der Waals surface area contributed by atoms with Crippen molar-refractivity contribution in [2.24, 2.45) is 5.92 Å². The molecule has 7 nitrogen and oxygen atoms in total. The van der Waals surface area contributed by atoms with E-state index in [-0.39, 0.29) is 11.9 Å². The van der Waals surface area contributed by atoms with Gasteiger partial charge in [-0.3, -0.25) is 9.89 Å². The number of ether oxygens (including phenoxy) is 1. The number of carbonyl (C=O) groups excluding carboxylic acids is 1. The average molecular weight is 355 g/mol. The number of hydrogen-bond donors (Lipinski definition) is 3. The molecule has 0 radical (unpaired) electrons. The van der Waals surface area contributed by atoms with Gasteiger partial charge in [-0.2, -0.15) is 5.10 Å². The van der Waals surface area contributed by atoms with E-state index in [0.717, 1.165) is 17.7 Å². The van der Waals surface area contributed by atoms with Gasteiger partial charge in [0.15, 0.2) is 5.82 Å². The molecular weight excluding hydrogens is 330 g/mol. The lowest BCUT2D eigenvalue weighted by atomic mass is 9.85. The van der Waals surface area contributed by atoms with E-state index in [1.807, 2.05) is 24.3 Å². The van der Waals surface area contributed by atoms with Gasteiger partial charge in [0.1, 0.15) is 11.6 Å². The number of rotatable bonds is 5. The molecule has 138 valence electrons. The van der Waals surface area contributed by atoms with Crippen LogP contribution >= 0.6 is 0 Å². The first-order valence-corrected chi connectivity index (χ1v) is 9.32. The van der Waals surface area contributed by atoms with E-state index >= 15 is 0 Å². The molecule has 1 saturated carbocycles. The van der Waals surface area contributed by atoms with Gasteiger partial charge >= 0.3 is 0 Å². The van der Waals surface area contributed by atoms with Crippen molar-refractivity contribution in [3.8, 4) is 17.1 Å². The summed E-state index contributed by atoms with van der Waals surface area (Å²) in [5.41, 5.74) is 0.904. The monoisotopic (exact) mass is 355 g/mol. The first kappa shape index (κ1) is 17.0. The van der Waals surface area contributed by atoms with Crippen LogP contribution in [0.25, 0.3) is 11.4 Å². The van der Waals surface area contributed by atoms with E-state index in [4.69, 9.17) is 4.74 Å². The molecule has 0 spiro atoms. The van der Waals surface area contributed by atoms with Crippen molar-refractivity contribution in [1.82, 2.24) is 25.8 Å². The minimum atomic E-state index is -0.0768. The zero-order chi connectivity index (χ0) is 17.9. The van der Waals surface area contributed by atoms with Crippen LogP contribution in [0.4, 0.5) is 0 Å². The Bertz CT molecular complexity index is 744. The third-order valence-corrected chi connectivity index (χ3v) is 5.49. The highest BCUT2D eigenvalue weighted by atomic mass is 16.5. The van der Waals surface area contributed by atoms with Crippen LogP contribution in [0.5, 0.6) is 5.75 Å². The Morgan fingerprint density at radius 1 is 1.27 bits per heavy atom. The van der Waals surface area contributed by atoms with Crippen LogP contribution in [0, 0.1) is 5.92 Å². The molecule has 1 aliphatic heterocycles.